The molecule has 4 atom stereocenters. The summed E-state index contributed by atoms with van der Waals surface area (Å²) in [6, 6.07) is 33.7. The molecule has 0 spiro atoms. The van der Waals surface area contributed by atoms with Gasteiger partial charge in [0.15, 0.2) is 23.0 Å². The van der Waals surface area contributed by atoms with Gasteiger partial charge in [-0.05, 0) is 115 Å². The zero-order valence-corrected chi connectivity index (χ0v) is 34.9. The van der Waals surface area contributed by atoms with Crippen molar-refractivity contribution in [3.8, 4) is 34.5 Å². The normalized spacial score (nSPS) is 18.7. The number of aryl methyl sites for hydroxylation is 2. The first kappa shape index (κ1) is 42.4. The predicted molar refractivity (Wildman–Crippen MR) is 229 cm³/mol. The Labute approximate surface area is 347 Å². The van der Waals surface area contributed by atoms with Crippen molar-refractivity contribution in [2.45, 2.75) is 58.0 Å². The molecule has 10 nitrogen and oxygen atoms in total. The number of ether oxygens (including phenoxy) is 5. The Hall–Kier alpha value is -6.16. The van der Waals surface area contributed by atoms with Crippen molar-refractivity contribution in [3.05, 3.63) is 142 Å². The zero-order valence-electron chi connectivity index (χ0n) is 34.9. The summed E-state index contributed by atoms with van der Waals surface area (Å²) in [6.45, 7) is 5.88. The van der Waals surface area contributed by atoms with Gasteiger partial charge in [-0.1, -0.05) is 66.7 Å². The molecule has 2 aliphatic heterocycles. The topological polar surface area (TPSA) is 125 Å². The van der Waals surface area contributed by atoms with E-state index in [-0.39, 0.29) is 41.2 Å². The fourth-order valence-corrected chi connectivity index (χ4v) is 8.09. The van der Waals surface area contributed by atoms with E-state index in [2.05, 4.69) is 41.8 Å². The monoisotopic (exact) mass is 800 g/mol. The summed E-state index contributed by atoms with van der Waals surface area (Å²) in [7, 11) is 6.52. The Morgan fingerprint density at radius 3 is 1.51 bits per heavy atom. The molecular weight excluding hydrogens is 745 g/mol. The minimum atomic E-state index is -0.106. The lowest BCUT2D eigenvalue weighted by molar-refractivity contribution is -0.127. The van der Waals surface area contributed by atoms with Gasteiger partial charge >= 0.3 is 0 Å². The second-order valence-electron chi connectivity index (χ2n) is 15.4. The van der Waals surface area contributed by atoms with Gasteiger partial charge in [0.25, 0.3) is 0 Å². The molecule has 0 saturated carbocycles. The van der Waals surface area contributed by atoms with E-state index in [1.807, 2.05) is 73.7 Å². The molecule has 2 aliphatic rings. The molecule has 2 fully saturated rings. The quantitative estimate of drug-likeness (QED) is 0.109. The largest absolute Gasteiger partial charge is 0.504 e. The number of nitrogens with one attached hydrogen (secondary N) is 2. The van der Waals surface area contributed by atoms with Crippen LogP contribution in [-0.4, -0.2) is 58.4 Å². The number of piperidine rings is 2. The highest BCUT2D eigenvalue weighted by molar-refractivity contribution is 5.80. The van der Waals surface area contributed by atoms with E-state index < -0.39 is 0 Å². The number of hydrogen-bond donors (Lipinski definition) is 3. The van der Waals surface area contributed by atoms with E-state index in [9.17, 15) is 14.7 Å². The molecule has 0 aliphatic carbocycles. The van der Waals surface area contributed by atoms with Gasteiger partial charge in [-0.25, -0.2) is 0 Å². The van der Waals surface area contributed by atoms with Crippen LogP contribution in [0.25, 0.3) is 0 Å². The van der Waals surface area contributed by atoms with E-state index in [1.165, 1.54) is 18.2 Å². The molecule has 2 heterocycles. The Bertz CT molecular complexity index is 2210. The summed E-state index contributed by atoms with van der Waals surface area (Å²) in [5, 5.41) is 15.9. The molecule has 3 N–H and O–H groups in total. The van der Waals surface area contributed by atoms with Gasteiger partial charge in [0.1, 0.15) is 18.1 Å². The highest BCUT2D eigenvalue weighted by Crippen LogP contribution is 2.36. The molecule has 10 heteroatoms. The van der Waals surface area contributed by atoms with Crippen molar-refractivity contribution in [1.82, 2.24) is 10.6 Å². The van der Waals surface area contributed by atoms with Gasteiger partial charge in [0, 0.05) is 36.8 Å². The fraction of sp³-hybridized carbons (Fsp3) is 0.347. The molecule has 2 amide bonds. The molecule has 7 rings (SSSR count). The summed E-state index contributed by atoms with van der Waals surface area (Å²) in [5.41, 5.74) is 7.80. The average molecular weight is 801 g/mol. The average Bonchev–Trinajstić information content (AvgIpc) is 3.25. The Morgan fingerprint density at radius 1 is 0.542 bits per heavy atom. The van der Waals surface area contributed by atoms with E-state index in [4.69, 9.17) is 23.7 Å². The lowest BCUT2D eigenvalue weighted by Crippen LogP contribution is -2.41. The maximum atomic E-state index is 12.6. The first-order valence-corrected chi connectivity index (χ1v) is 20.1. The molecule has 2 unspecified atom stereocenters. The zero-order chi connectivity index (χ0) is 41.9. The van der Waals surface area contributed by atoms with Crippen LogP contribution in [0.2, 0.25) is 0 Å². The highest BCUT2D eigenvalue weighted by atomic mass is 16.5. The number of hydrogen-bond acceptors (Lipinski definition) is 8. The van der Waals surface area contributed by atoms with Gasteiger partial charge in [0.2, 0.25) is 11.8 Å². The maximum absolute atomic E-state index is 12.6. The van der Waals surface area contributed by atoms with E-state index in [1.54, 1.807) is 33.5 Å². The summed E-state index contributed by atoms with van der Waals surface area (Å²) >= 11 is 0. The van der Waals surface area contributed by atoms with Crippen LogP contribution in [0, 0.1) is 25.7 Å². The van der Waals surface area contributed by atoms with Crippen LogP contribution in [0.5, 0.6) is 34.5 Å². The molecule has 310 valence electrons. The van der Waals surface area contributed by atoms with E-state index in [0.717, 1.165) is 52.2 Å². The maximum Gasteiger partial charge on any atom is 0.223 e. The first-order valence-electron chi connectivity index (χ1n) is 20.1. The number of benzene rings is 5. The van der Waals surface area contributed by atoms with Gasteiger partial charge in [-0.3, -0.25) is 9.59 Å². The standard InChI is InChI=1S/C28H31NO4.C21H25NO4/c1-19-13-22(10-12-25(19)31-2)24-16-23(28(30)29-17-24)14-21-9-11-26(27(15-21)32-3)33-18-20-7-5-4-6-8-20;1-13-8-15(5-7-19(13)25-2)17-11-16(21(24)22-12-17)9-14-4-6-18(23)20(10-14)26-3/h4-13,15,23-24H,14,16-18H2,1-3H3,(H,29,30);4-8,10,16-17,23H,9,11-12H2,1-3H3,(H,22,24)/t23?,24-;16?,17-/m11/s1. The third kappa shape index (κ3) is 10.9. The van der Waals surface area contributed by atoms with Gasteiger partial charge < -0.3 is 39.4 Å². The molecule has 2 saturated heterocycles. The fourth-order valence-electron chi connectivity index (χ4n) is 8.09. The van der Waals surface area contributed by atoms with Crippen LogP contribution in [0.4, 0.5) is 0 Å². The van der Waals surface area contributed by atoms with Crippen molar-refractivity contribution in [3.63, 3.8) is 0 Å². The number of methoxy groups -OCH3 is 4. The van der Waals surface area contributed by atoms with Crippen molar-refractivity contribution in [2.75, 3.05) is 41.5 Å². The number of amides is 2. The number of phenols is 1. The van der Waals surface area contributed by atoms with Crippen LogP contribution in [0.3, 0.4) is 0 Å². The van der Waals surface area contributed by atoms with Crippen LogP contribution >= 0.6 is 0 Å². The number of rotatable bonds is 13. The molecule has 59 heavy (non-hydrogen) atoms. The third-order valence-electron chi connectivity index (χ3n) is 11.4. The Balaban J connectivity index is 0.000000204. The molecule has 0 radical (unpaired) electrons. The first-order chi connectivity index (χ1) is 28.6. The summed E-state index contributed by atoms with van der Waals surface area (Å²) in [5.74, 6) is 4.24. The minimum absolute atomic E-state index is 0.0820. The summed E-state index contributed by atoms with van der Waals surface area (Å²) in [4.78, 5) is 25.0. The second-order valence-corrected chi connectivity index (χ2v) is 15.4. The van der Waals surface area contributed by atoms with Crippen molar-refractivity contribution in [1.29, 1.82) is 0 Å². The SMILES string of the molecule is COc1ccc([C@H]2CNC(=O)C(Cc3ccc(O)c(OC)c3)C2)cc1C.COc1ccc([C@H]2CNC(=O)C(Cc3ccc(OCc4ccccc4)c(OC)c3)C2)cc1C. The third-order valence-corrected chi connectivity index (χ3v) is 11.4. The van der Waals surface area contributed by atoms with Gasteiger partial charge in [0.05, 0.1) is 28.4 Å². The molecule has 5 aromatic carbocycles. The van der Waals surface area contributed by atoms with Gasteiger partial charge in [-0.15, -0.1) is 0 Å². The van der Waals surface area contributed by atoms with E-state index in [0.29, 0.717) is 49.8 Å². The van der Waals surface area contributed by atoms with Gasteiger partial charge in [-0.2, -0.15) is 0 Å². The molecule has 5 aromatic rings. The lowest BCUT2D eigenvalue weighted by atomic mass is 9.82. The van der Waals surface area contributed by atoms with E-state index >= 15 is 0 Å². The number of phenolic OH excluding ortho intramolecular Hbond substituents is 1. The smallest absolute Gasteiger partial charge is 0.223 e. The van der Waals surface area contributed by atoms with Crippen LogP contribution in [0.15, 0.2) is 103 Å². The molecular formula is C49H56N2O8. The van der Waals surface area contributed by atoms with Crippen LogP contribution in [0.1, 0.15) is 63.6 Å². The summed E-state index contributed by atoms with van der Waals surface area (Å²) < 4.78 is 27.4. The van der Waals surface area contributed by atoms with Crippen LogP contribution < -0.4 is 34.3 Å². The second kappa shape index (κ2) is 20.0. The minimum Gasteiger partial charge on any atom is -0.504 e. The number of carbonyl (C=O) groups excluding carboxylic acids is 2. The van der Waals surface area contributed by atoms with Crippen molar-refractivity contribution < 1.29 is 38.4 Å². The number of carbonyl (C=O) groups is 2. The Kier molecular flexibility index (Phi) is 14.4. The van der Waals surface area contributed by atoms with Crippen molar-refractivity contribution in [2.24, 2.45) is 11.8 Å². The van der Waals surface area contributed by atoms with Crippen molar-refractivity contribution >= 4 is 11.8 Å². The lowest BCUT2D eigenvalue weighted by Gasteiger charge is -2.30. The highest BCUT2D eigenvalue weighted by Gasteiger charge is 2.31. The predicted octanol–water partition coefficient (Wildman–Crippen LogP) is 8.23. The summed E-state index contributed by atoms with van der Waals surface area (Å²) in [6.07, 6.45) is 2.88. The number of aromatic hydroxyl groups is 1. The molecule has 0 bridgehead atoms. The molecule has 0 aromatic heterocycles. The Morgan fingerprint density at radius 2 is 1.02 bits per heavy atom. The van der Waals surface area contributed by atoms with Crippen LogP contribution in [-0.2, 0) is 29.0 Å².